The molecule has 0 fully saturated rings. The first-order valence-electron chi connectivity index (χ1n) is 6.40. The van der Waals surface area contributed by atoms with Gasteiger partial charge in [0.15, 0.2) is 0 Å². The second kappa shape index (κ2) is 7.17. The van der Waals surface area contributed by atoms with Crippen LogP contribution in [0.15, 0.2) is 24.3 Å². The molecule has 1 aromatic rings. The molecule has 0 heterocycles. The molecule has 0 spiro atoms. The first-order valence-corrected chi connectivity index (χ1v) is 6.40. The van der Waals surface area contributed by atoms with Crippen LogP contribution >= 0.6 is 0 Å². The maximum atomic E-state index is 10.8. The van der Waals surface area contributed by atoms with Gasteiger partial charge in [-0.2, -0.15) is 0 Å². The summed E-state index contributed by atoms with van der Waals surface area (Å²) in [5.41, 5.74) is 1.91. The fourth-order valence-corrected chi connectivity index (χ4v) is 1.55. The van der Waals surface area contributed by atoms with Gasteiger partial charge in [0.05, 0.1) is 12.5 Å². The molecule has 18 heavy (non-hydrogen) atoms. The molecule has 1 atom stereocenters. The Morgan fingerprint density at radius 3 is 2.33 bits per heavy atom. The fourth-order valence-electron chi connectivity index (χ4n) is 1.55. The molecule has 1 rings (SSSR count). The van der Waals surface area contributed by atoms with E-state index in [0.717, 1.165) is 24.2 Å². The first-order chi connectivity index (χ1) is 8.50. The maximum absolute atomic E-state index is 10.8. The molecule has 0 saturated carbocycles. The third kappa shape index (κ3) is 4.88. The predicted molar refractivity (Wildman–Crippen MR) is 71.6 cm³/mol. The Hall–Kier alpha value is -1.35. The van der Waals surface area contributed by atoms with Gasteiger partial charge >= 0.3 is 5.97 Å². The second-order valence-corrected chi connectivity index (χ2v) is 5.04. The number of hydrogen-bond acceptors (Lipinski definition) is 2. The Labute approximate surface area is 109 Å². The zero-order valence-corrected chi connectivity index (χ0v) is 11.3. The second-order valence-electron chi connectivity index (χ2n) is 5.04. The van der Waals surface area contributed by atoms with Crippen molar-refractivity contribution in [2.75, 3.05) is 6.61 Å². The van der Waals surface area contributed by atoms with Crippen molar-refractivity contribution < 1.29 is 14.6 Å². The Morgan fingerprint density at radius 2 is 1.83 bits per heavy atom. The number of ether oxygens (including phenoxy) is 1. The Balaban J connectivity index is 2.43. The van der Waals surface area contributed by atoms with E-state index in [9.17, 15) is 4.79 Å². The molecule has 1 N–H and O–H groups in total. The lowest BCUT2D eigenvalue weighted by molar-refractivity contribution is -0.138. The molecule has 0 aliphatic rings. The average molecular weight is 250 g/mol. The highest BCUT2D eigenvalue weighted by molar-refractivity contribution is 5.75. The smallest absolute Gasteiger partial charge is 0.310 e. The van der Waals surface area contributed by atoms with Crippen LogP contribution in [0.3, 0.4) is 0 Å². The third-order valence-electron chi connectivity index (χ3n) is 2.96. The number of carbonyl (C=O) groups is 1. The lowest BCUT2D eigenvalue weighted by Crippen LogP contribution is -2.07. The van der Waals surface area contributed by atoms with Crippen molar-refractivity contribution in [3.05, 3.63) is 35.4 Å². The summed E-state index contributed by atoms with van der Waals surface area (Å²) in [4.78, 5) is 10.8. The molecule has 1 unspecified atom stereocenters. The van der Waals surface area contributed by atoms with Gasteiger partial charge in [0.1, 0.15) is 0 Å². The van der Waals surface area contributed by atoms with Crippen LogP contribution in [0.5, 0.6) is 0 Å². The van der Waals surface area contributed by atoms with Gasteiger partial charge in [-0.15, -0.1) is 0 Å². The summed E-state index contributed by atoms with van der Waals surface area (Å²) in [5.74, 6) is -0.597. The van der Waals surface area contributed by atoms with E-state index in [2.05, 4.69) is 13.8 Å². The average Bonchev–Trinajstić information content (AvgIpc) is 2.34. The highest BCUT2D eigenvalue weighted by atomic mass is 16.5. The van der Waals surface area contributed by atoms with Crippen molar-refractivity contribution >= 4 is 5.97 Å². The Morgan fingerprint density at radius 1 is 1.22 bits per heavy atom. The molecule has 0 radical (unpaired) electrons. The van der Waals surface area contributed by atoms with Crippen molar-refractivity contribution in [2.24, 2.45) is 5.92 Å². The van der Waals surface area contributed by atoms with E-state index in [0.29, 0.717) is 12.5 Å². The van der Waals surface area contributed by atoms with Gasteiger partial charge < -0.3 is 9.84 Å². The number of hydrogen-bond donors (Lipinski definition) is 1. The molecule has 3 nitrogen and oxygen atoms in total. The van der Waals surface area contributed by atoms with Crippen LogP contribution < -0.4 is 0 Å². The van der Waals surface area contributed by atoms with Gasteiger partial charge in [0.25, 0.3) is 0 Å². The van der Waals surface area contributed by atoms with Crippen molar-refractivity contribution in [3.63, 3.8) is 0 Å². The standard InChI is InChI=1S/C15H22O3/c1-11(2)8-9-18-10-13-4-6-14(7-5-13)12(3)15(16)17/h4-7,11-12H,8-10H2,1-3H3,(H,16,17). The number of carboxylic acid groups (broad SMARTS) is 1. The van der Waals surface area contributed by atoms with Gasteiger partial charge in [0, 0.05) is 6.61 Å². The van der Waals surface area contributed by atoms with E-state index in [-0.39, 0.29) is 0 Å². The van der Waals surface area contributed by atoms with Crippen LogP contribution in [0.2, 0.25) is 0 Å². The highest BCUT2D eigenvalue weighted by Gasteiger charge is 2.12. The maximum Gasteiger partial charge on any atom is 0.310 e. The summed E-state index contributed by atoms with van der Waals surface area (Å²) in [6, 6.07) is 7.59. The molecule has 0 aliphatic carbocycles. The zero-order chi connectivity index (χ0) is 13.5. The van der Waals surface area contributed by atoms with Gasteiger partial charge in [-0.3, -0.25) is 4.79 Å². The van der Waals surface area contributed by atoms with E-state index in [4.69, 9.17) is 9.84 Å². The van der Waals surface area contributed by atoms with Crippen LogP contribution in [0.25, 0.3) is 0 Å². The lowest BCUT2D eigenvalue weighted by Gasteiger charge is -2.09. The molecular formula is C15H22O3. The lowest BCUT2D eigenvalue weighted by atomic mass is 10.0. The van der Waals surface area contributed by atoms with Crippen molar-refractivity contribution in [2.45, 2.75) is 39.7 Å². The van der Waals surface area contributed by atoms with Crippen LogP contribution in [0.1, 0.15) is 44.2 Å². The molecule has 3 heteroatoms. The molecule has 0 saturated heterocycles. The fraction of sp³-hybridized carbons (Fsp3) is 0.533. The number of rotatable bonds is 7. The van der Waals surface area contributed by atoms with Crippen LogP contribution in [0.4, 0.5) is 0 Å². The molecule has 0 aromatic heterocycles. The number of carboxylic acids is 1. The van der Waals surface area contributed by atoms with E-state index < -0.39 is 11.9 Å². The predicted octanol–water partition coefficient (Wildman–Crippen LogP) is 3.44. The van der Waals surface area contributed by atoms with Gasteiger partial charge in [-0.1, -0.05) is 38.1 Å². The van der Waals surface area contributed by atoms with Gasteiger partial charge in [-0.05, 0) is 30.4 Å². The molecule has 100 valence electrons. The van der Waals surface area contributed by atoms with E-state index in [1.54, 1.807) is 6.92 Å². The number of benzene rings is 1. The Bertz CT molecular complexity index is 368. The summed E-state index contributed by atoms with van der Waals surface area (Å²) in [5, 5.41) is 8.91. The molecule has 0 amide bonds. The van der Waals surface area contributed by atoms with Crippen LogP contribution in [0, 0.1) is 5.92 Å². The van der Waals surface area contributed by atoms with E-state index in [1.165, 1.54) is 0 Å². The van der Waals surface area contributed by atoms with Crippen molar-refractivity contribution in [1.82, 2.24) is 0 Å². The van der Waals surface area contributed by atoms with E-state index >= 15 is 0 Å². The summed E-state index contributed by atoms with van der Waals surface area (Å²) in [6.45, 7) is 7.40. The Kier molecular flexibility index (Phi) is 5.86. The summed E-state index contributed by atoms with van der Waals surface area (Å²) >= 11 is 0. The van der Waals surface area contributed by atoms with E-state index in [1.807, 2.05) is 24.3 Å². The van der Waals surface area contributed by atoms with Crippen molar-refractivity contribution in [3.8, 4) is 0 Å². The normalized spacial score (nSPS) is 12.7. The molecule has 0 bridgehead atoms. The minimum Gasteiger partial charge on any atom is -0.481 e. The minimum absolute atomic E-state index is 0.457. The van der Waals surface area contributed by atoms with Crippen LogP contribution in [-0.4, -0.2) is 17.7 Å². The molecule has 1 aromatic carbocycles. The van der Waals surface area contributed by atoms with Crippen molar-refractivity contribution in [1.29, 1.82) is 0 Å². The summed E-state index contributed by atoms with van der Waals surface area (Å²) in [6.07, 6.45) is 1.06. The third-order valence-corrected chi connectivity index (χ3v) is 2.96. The first kappa shape index (κ1) is 14.7. The quantitative estimate of drug-likeness (QED) is 0.754. The largest absolute Gasteiger partial charge is 0.481 e. The minimum atomic E-state index is -0.795. The van der Waals surface area contributed by atoms with Gasteiger partial charge in [-0.25, -0.2) is 0 Å². The highest BCUT2D eigenvalue weighted by Crippen LogP contribution is 2.16. The monoisotopic (exact) mass is 250 g/mol. The zero-order valence-electron chi connectivity index (χ0n) is 11.3. The molecular weight excluding hydrogens is 228 g/mol. The summed E-state index contributed by atoms with van der Waals surface area (Å²) < 4.78 is 5.56. The molecule has 0 aliphatic heterocycles. The van der Waals surface area contributed by atoms with Crippen LogP contribution in [-0.2, 0) is 16.1 Å². The summed E-state index contributed by atoms with van der Waals surface area (Å²) in [7, 11) is 0. The van der Waals surface area contributed by atoms with Gasteiger partial charge in [0.2, 0.25) is 0 Å². The topological polar surface area (TPSA) is 46.5 Å². The SMILES string of the molecule is CC(C)CCOCc1ccc(C(C)C(=O)O)cc1. The number of aliphatic carboxylic acids is 1.